The minimum atomic E-state index is -3.28. The fourth-order valence-corrected chi connectivity index (χ4v) is 6.07. The van der Waals surface area contributed by atoms with Crippen molar-refractivity contribution >= 4 is 9.84 Å². The highest BCUT2D eigenvalue weighted by Gasteiger charge is 2.42. The van der Waals surface area contributed by atoms with Crippen LogP contribution in [0, 0.1) is 0 Å². The summed E-state index contributed by atoms with van der Waals surface area (Å²) >= 11 is 0. The number of methoxy groups -OCH3 is 1. The number of ether oxygens (including phenoxy) is 2. The van der Waals surface area contributed by atoms with Gasteiger partial charge in [0.25, 0.3) is 0 Å². The first-order valence-corrected chi connectivity index (χ1v) is 10.8. The Balaban J connectivity index is 1.76. The molecule has 3 rings (SSSR count). The van der Waals surface area contributed by atoms with Crippen molar-refractivity contribution in [3.63, 3.8) is 0 Å². The van der Waals surface area contributed by atoms with Crippen molar-refractivity contribution in [3.05, 3.63) is 30.3 Å². The van der Waals surface area contributed by atoms with Gasteiger partial charge >= 0.3 is 0 Å². The first kappa shape index (κ1) is 18.8. The fourth-order valence-electron chi connectivity index (χ4n) is 4.46. The summed E-state index contributed by atoms with van der Waals surface area (Å²) in [6, 6.07) is 9.56. The van der Waals surface area contributed by atoms with Gasteiger partial charge in [0.2, 0.25) is 0 Å². The maximum Gasteiger partial charge on any atom is 0.179 e. The summed E-state index contributed by atoms with van der Waals surface area (Å²) in [6.45, 7) is 2.46. The fraction of sp³-hybridized carbons (Fsp3) is 0.684. The summed E-state index contributed by atoms with van der Waals surface area (Å²) in [5.41, 5.74) is 0. The molecule has 6 heteroatoms. The molecule has 0 saturated carbocycles. The summed E-state index contributed by atoms with van der Waals surface area (Å²) in [4.78, 5) is 2.85. The lowest BCUT2D eigenvalue weighted by Crippen LogP contribution is -2.60. The van der Waals surface area contributed by atoms with Crippen LogP contribution < -0.4 is 0 Å². The van der Waals surface area contributed by atoms with E-state index in [4.69, 9.17) is 9.47 Å². The van der Waals surface area contributed by atoms with Crippen LogP contribution in [0.5, 0.6) is 0 Å². The molecule has 0 amide bonds. The topological polar surface area (TPSA) is 55.8 Å². The lowest BCUT2D eigenvalue weighted by atomic mass is 9.85. The van der Waals surface area contributed by atoms with Crippen molar-refractivity contribution in [1.29, 1.82) is 0 Å². The molecular formula is C19H29NO4S. The third-order valence-corrected chi connectivity index (χ3v) is 7.44. The zero-order valence-corrected chi connectivity index (χ0v) is 16.0. The van der Waals surface area contributed by atoms with Gasteiger partial charge in [0.05, 0.1) is 16.8 Å². The molecule has 0 unspecified atom stereocenters. The number of nitrogens with zero attached hydrogens (tertiary/aromatic N) is 1. The molecule has 2 aliphatic rings. The molecule has 0 bridgehead atoms. The Labute approximate surface area is 151 Å². The first-order chi connectivity index (χ1) is 12.0. The van der Waals surface area contributed by atoms with Crippen molar-refractivity contribution in [3.8, 4) is 0 Å². The highest BCUT2D eigenvalue weighted by Crippen LogP contribution is 2.36. The molecule has 2 aliphatic heterocycles. The third kappa shape index (κ3) is 4.25. The first-order valence-electron chi connectivity index (χ1n) is 9.18. The second-order valence-corrected chi connectivity index (χ2v) is 9.24. The van der Waals surface area contributed by atoms with E-state index in [-0.39, 0.29) is 23.9 Å². The van der Waals surface area contributed by atoms with E-state index in [1.54, 1.807) is 31.4 Å². The number of hydrogen-bond acceptors (Lipinski definition) is 5. The van der Waals surface area contributed by atoms with E-state index >= 15 is 0 Å². The SMILES string of the molecule is COCO[C@@H]1CC[C@@H]2CCC[C@@H](CS(=O)(=O)c3ccccc3)N2[C@H]1C. The molecule has 140 valence electrons. The summed E-state index contributed by atoms with van der Waals surface area (Å²) in [6.07, 6.45) is 5.39. The molecule has 0 N–H and O–H groups in total. The largest absolute Gasteiger partial charge is 0.359 e. The molecule has 0 aliphatic carbocycles. The number of piperidine rings is 2. The smallest absolute Gasteiger partial charge is 0.179 e. The Hall–Kier alpha value is -0.950. The molecule has 0 spiro atoms. The molecule has 4 atom stereocenters. The average Bonchev–Trinajstić information content (AvgIpc) is 2.62. The van der Waals surface area contributed by atoms with Crippen LogP contribution >= 0.6 is 0 Å². The van der Waals surface area contributed by atoms with Gasteiger partial charge in [0.1, 0.15) is 6.79 Å². The van der Waals surface area contributed by atoms with Gasteiger partial charge in [-0.2, -0.15) is 0 Å². The predicted octanol–water partition coefficient (Wildman–Crippen LogP) is 2.85. The number of rotatable bonds is 6. The van der Waals surface area contributed by atoms with Crippen LogP contribution in [-0.2, 0) is 19.3 Å². The Morgan fingerprint density at radius 1 is 1.12 bits per heavy atom. The molecule has 1 aromatic carbocycles. The molecule has 0 radical (unpaired) electrons. The summed E-state index contributed by atoms with van der Waals surface area (Å²) < 4.78 is 36.6. The lowest BCUT2D eigenvalue weighted by Gasteiger charge is -2.51. The van der Waals surface area contributed by atoms with E-state index in [2.05, 4.69) is 11.8 Å². The molecule has 2 heterocycles. The van der Waals surface area contributed by atoms with Crippen LogP contribution in [0.3, 0.4) is 0 Å². The minimum absolute atomic E-state index is 0.0629. The van der Waals surface area contributed by atoms with Crippen molar-refractivity contribution in [2.24, 2.45) is 0 Å². The lowest BCUT2D eigenvalue weighted by molar-refractivity contribution is -0.133. The zero-order valence-electron chi connectivity index (χ0n) is 15.1. The predicted molar refractivity (Wildman–Crippen MR) is 97.2 cm³/mol. The Bertz CT molecular complexity index is 649. The second-order valence-electron chi connectivity index (χ2n) is 7.21. The standard InChI is InChI=1S/C19H29NO4S/c1-15-19(24-14-23-2)12-11-16-7-6-8-17(20(15)16)13-25(21,22)18-9-4-3-5-10-18/h3-5,9-10,15-17,19H,6-8,11-14H2,1-2H3/t15-,16-,17-,19+/m0/s1. The van der Waals surface area contributed by atoms with Crippen LogP contribution in [-0.4, -0.2) is 57.2 Å². The van der Waals surface area contributed by atoms with Crippen LogP contribution in [0.25, 0.3) is 0 Å². The van der Waals surface area contributed by atoms with Gasteiger partial charge in [-0.1, -0.05) is 24.6 Å². The number of hydrogen-bond donors (Lipinski definition) is 0. The maximum atomic E-state index is 12.9. The van der Waals surface area contributed by atoms with Gasteiger partial charge in [-0.3, -0.25) is 4.90 Å². The molecule has 0 aromatic heterocycles. The number of fused-ring (bicyclic) bond motifs is 1. The van der Waals surface area contributed by atoms with Crippen LogP contribution in [0.1, 0.15) is 39.0 Å². The van der Waals surface area contributed by atoms with E-state index in [0.29, 0.717) is 17.7 Å². The van der Waals surface area contributed by atoms with Crippen molar-refractivity contribution < 1.29 is 17.9 Å². The molecule has 2 saturated heterocycles. The quantitative estimate of drug-likeness (QED) is 0.724. The monoisotopic (exact) mass is 367 g/mol. The van der Waals surface area contributed by atoms with E-state index in [0.717, 1.165) is 32.1 Å². The molecule has 25 heavy (non-hydrogen) atoms. The number of sulfone groups is 1. The van der Waals surface area contributed by atoms with E-state index in [1.165, 1.54) is 0 Å². The summed E-state index contributed by atoms with van der Waals surface area (Å²) in [7, 11) is -1.64. The Kier molecular flexibility index (Phi) is 6.15. The van der Waals surface area contributed by atoms with Gasteiger partial charge in [0, 0.05) is 25.2 Å². The van der Waals surface area contributed by atoms with Crippen molar-refractivity contribution in [1.82, 2.24) is 4.90 Å². The molecule has 5 nitrogen and oxygen atoms in total. The second kappa shape index (κ2) is 8.16. The molecular weight excluding hydrogens is 338 g/mol. The van der Waals surface area contributed by atoms with Gasteiger partial charge in [-0.25, -0.2) is 8.42 Å². The molecule has 1 aromatic rings. The van der Waals surface area contributed by atoms with Crippen LogP contribution in [0.4, 0.5) is 0 Å². The summed E-state index contributed by atoms with van der Waals surface area (Å²) in [5.74, 6) is 0.189. The number of benzene rings is 1. The molecule has 2 fully saturated rings. The van der Waals surface area contributed by atoms with Gasteiger partial charge in [-0.05, 0) is 44.7 Å². The van der Waals surface area contributed by atoms with E-state index < -0.39 is 9.84 Å². The highest BCUT2D eigenvalue weighted by atomic mass is 32.2. The average molecular weight is 368 g/mol. The van der Waals surface area contributed by atoms with E-state index in [1.807, 2.05) is 6.07 Å². The van der Waals surface area contributed by atoms with Gasteiger partial charge in [-0.15, -0.1) is 0 Å². The normalized spacial score (nSPS) is 30.8. The van der Waals surface area contributed by atoms with E-state index in [9.17, 15) is 8.42 Å². The third-order valence-electron chi connectivity index (χ3n) is 5.62. The Morgan fingerprint density at radius 3 is 2.60 bits per heavy atom. The Morgan fingerprint density at radius 2 is 1.88 bits per heavy atom. The van der Waals surface area contributed by atoms with Crippen LogP contribution in [0.15, 0.2) is 35.2 Å². The summed E-state index contributed by atoms with van der Waals surface area (Å²) in [5, 5.41) is 0. The van der Waals surface area contributed by atoms with Crippen molar-refractivity contribution in [2.45, 2.75) is 68.2 Å². The van der Waals surface area contributed by atoms with Crippen LogP contribution in [0.2, 0.25) is 0 Å². The van der Waals surface area contributed by atoms with Crippen molar-refractivity contribution in [2.75, 3.05) is 19.7 Å². The van der Waals surface area contributed by atoms with Gasteiger partial charge in [0.15, 0.2) is 9.84 Å². The zero-order chi connectivity index (χ0) is 17.9. The highest BCUT2D eigenvalue weighted by molar-refractivity contribution is 7.91. The maximum absolute atomic E-state index is 12.9. The van der Waals surface area contributed by atoms with Gasteiger partial charge < -0.3 is 9.47 Å². The minimum Gasteiger partial charge on any atom is -0.359 e.